The van der Waals surface area contributed by atoms with Crippen molar-refractivity contribution < 1.29 is 0 Å². The molecule has 1 aromatic heterocycles. The van der Waals surface area contributed by atoms with Crippen molar-refractivity contribution in [2.45, 2.75) is 49.4 Å². The van der Waals surface area contributed by atoms with E-state index in [2.05, 4.69) is 31.9 Å². The molecular weight excluding hydrogens is 276 g/mol. The molecule has 4 saturated carbocycles. The van der Waals surface area contributed by atoms with Crippen LogP contribution in [0.25, 0.3) is 0 Å². The summed E-state index contributed by atoms with van der Waals surface area (Å²) in [5.74, 6) is 1.96. The smallest absolute Gasteiger partial charge is 0.0489 e. The van der Waals surface area contributed by atoms with Gasteiger partial charge in [-0.25, -0.2) is 0 Å². The number of nitrogens with zero attached hydrogens (tertiary/aromatic N) is 2. The van der Waals surface area contributed by atoms with E-state index in [1.165, 1.54) is 38.5 Å². The number of aromatic nitrogens is 2. The van der Waals surface area contributed by atoms with Gasteiger partial charge in [-0.15, -0.1) is 0 Å². The summed E-state index contributed by atoms with van der Waals surface area (Å²) in [6.07, 6.45) is 12.6. The fourth-order valence-corrected chi connectivity index (χ4v) is 6.77. The van der Waals surface area contributed by atoms with Gasteiger partial charge in [0, 0.05) is 23.3 Å². The lowest BCUT2D eigenvalue weighted by molar-refractivity contribution is -0.0468. The second kappa shape index (κ2) is 3.37. The van der Waals surface area contributed by atoms with Crippen LogP contribution in [0.5, 0.6) is 0 Å². The van der Waals surface area contributed by atoms with Crippen LogP contribution in [0.3, 0.4) is 0 Å². The molecule has 0 saturated heterocycles. The zero-order chi connectivity index (χ0) is 11.5. The maximum atomic E-state index is 4.42. The van der Waals surface area contributed by atoms with Gasteiger partial charge in [0.2, 0.25) is 0 Å². The summed E-state index contributed by atoms with van der Waals surface area (Å²) in [6, 6.07) is 2.05. The number of hydrogen-bond acceptors (Lipinski definition) is 1. The van der Waals surface area contributed by atoms with Crippen molar-refractivity contribution in [3.8, 4) is 0 Å². The third-order valence-corrected chi connectivity index (χ3v) is 6.10. The van der Waals surface area contributed by atoms with E-state index < -0.39 is 0 Å². The van der Waals surface area contributed by atoms with E-state index in [0.29, 0.717) is 9.74 Å². The van der Waals surface area contributed by atoms with Gasteiger partial charge in [0.25, 0.3) is 0 Å². The lowest BCUT2D eigenvalue weighted by Gasteiger charge is -2.60. The van der Waals surface area contributed by atoms with Crippen molar-refractivity contribution in [1.82, 2.24) is 9.78 Å². The third-order valence-electron chi connectivity index (χ3n) is 5.17. The summed E-state index contributed by atoms with van der Waals surface area (Å²) in [4.78, 5) is 0. The van der Waals surface area contributed by atoms with E-state index in [1.54, 1.807) is 0 Å². The second-order valence-electron chi connectivity index (χ2n) is 6.82. The van der Waals surface area contributed by atoms with Gasteiger partial charge in [0.05, 0.1) is 0 Å². The average molecular weight is 295 g/mol. The normalized spacial score (nSPS) is 47.6. The number of halogens is 1. The van der Waals surface area contributed by atoms with Gasteiger partial charge in [-0.1, -0.05) is 15.9 Å². The van der Waals surface area contributed by atoms with Crippen molar-refractivity contribution in [1.29, 1.82) is 0 Å². The molecule has 0 aliphatic heterocycles. The Morgan fingerprint density at radius 1 is 1.24 bits per heavy atom. The molecule has 1 aromatic rings. The fraction of sp³-hybridized carbons (Fsp3) is 0.786. The first-order valence-corrected chi connectivity index (χ1v) is 7.61. The molecule has 3 heteroatoms. The molecule has 92 valence electrons. The van der Waals surface area contributed by atoms with Crippen LogP contribution in [-0.2, 0) is 6.54 Å². The molecule has 4 bridgehead atoms. The van der Waals surface area contributed by atoms with E-state index >= 15 is 0 Å². The zero-order valence-corrected chi connectivity index (χ0v) is 11.7. The molecule has 4 atom stereocenters. The molecule has 17 heavy (non-hydrogen) atoms. The highest BCUT2D eigenvalue weighted by Gasteiger charge is 2.56. The first-order chi connectivity index (χ1) is 8.15. The Morgan fingerprint density at radius 2 is 2.00 bits per heavy atom. The molecule has 2 unspecified atom stereocenters. The van der Waals surface area contributed by atoms with Gasteiger partial charge in [0.15, 0.2) is 0 Å². The number of hydrogen-bond donors (Lipinski definition) is 0. The molecule has 0 aromatic carbocycles. The van der Waals surface area contributed by atoms with Gasteiger partial charge in [-0.3, -0.25) is 4.68 Å². The number of rotatable bonds is 2. The van der Waals surface area contributed by atoms with Crippen LogP contribution in [0.4, 0.5) is 0 Å². The summed E-state index contributed by atoms with van der Waals surface area (Å²) in [5.41, 5.74) is 0.541. The summed E-state index contributed by atoms with van der Waals surface area (Å²) >= 11 is 4.07. The molecular formula is C14H19BrN2. The molecule has 4 aliphatic carbocycles. The Balaban J connectivity index is 1.65. The Hall–Kier alpha value is -0.310. The molecule has 5 rings (SSSR count). The second-order valence-corrected chi connectivity index (χ2v) is 8.50. The van der Waals surface area contributed by atoms with Crippen LogP contribution >= 0.6 is 15.9 Å². The van der Waals surface area contributed by atoms with Crippen molar-refractivity contribution in [2.75, 3.05) is 0 Å². The van der Waals surface area contributed by atoms with E-state index in [9.17, 15) is 0 Å². The average Bonchev–Trinajstić information content (AvgIpc) is 2.64. The van der Waals surface area contributed by atoms with Crippen molar-refractivity contribution in [2.24, 2.45) is 17.3 Å². The lowest BCUT2D eigenvalue weighted by Crippen LogP contribution is -2.54. The molecule has 0 N–H and O–H groups in total. The summed E-state index contributed by atoms with van der Waals surface area (Å²) in [6.45, 7) is 1.14. The van der Waals surface area contributed by atoms with Crippen LogP contribution < -0.4 is 0 Å². The quantitative estimate of drug-likeness (QED) is 0.762. The van der Waals surface area contributed by atoms with E-state index in [-0.39, 0.29) is 0 Å². The van der Waals surface area contributed by atoms with Crippen LogP contribution in [0.1, 0.15) is 38.5 Å². The minimum atomic E-state index is 0.476. The minimum absolute atomic E-state index is 0.476. The fourth-order valence-electron chi connectivity index (χ4n) is 5.26. The topological polar surface area (TPSA) is 17.8 Å². The third kappa shape index (κ3) is 1.69. The maximum Gasteiger partial charge on any atom is 0.0489 e. The van der Waals surface area contributed by atoms with E-state index in [1.807, 2.05) is 12.3 Å². The summed E-state index contributed by atoms with van der Waals surface area (Å²) < 4.78 is 2.63. The highest BCUT2D eigenvalue weighted by atomic mass is 79.9. The Morgan fingerprint density at radius 3 is 2.59 bits per heavy atom. The molecule has 4 aliphatic rings. The largest absolute Gasteiger partial charge is 0.272 e. The van der Waals surface area contributed by atoms with E-state index in [0.717, 1.165) is 18.4 Å². The van der Waals surface area contributed by atoms with Crippen molar-refractivity contribution >= 4 is 15.9 Å². The highest BCUT2D eigenvalue weighted by Crippen LogP contribution is 2.64. The van der Waals surface area contributed by atoms with Crippen LogP contribution in [-0.4, -0.2) is 14.1 Å². The SMILES string of the molecule is BrC12C[C@H]3C[C@@H](C1)CC(Cn1cccn1)(C3)C2. The van der Waals surface area contributed by atoms with E-state index in [4.69, 9.17) is 0 Å². The zero-order valence-electron chi connectivity index (χ0n) is 10.1. The predicted octanol–water partition coefficient (Wildman–Crippen LogP) is 3.62. The lowest BCUT2D eigenvalue weighted by atomic mass is 9.49. The van der Waals surface area contributed by atoms with Gasteiger partial charge in [-0.05, 0) is 61.8 Å². The molecule has 0 amide bonds. The van der Waals surface area contributed by atoms with Gasteiger partial charge < -0.3 is 0 Å². The first-order valence-electron chi connectivity index (χ1n) is 6.81. The number of alkyl halides is 1. The van der Waals surface area contributed by atoms with Crippen LogP contribution in [0.15, 0.2) is 18.5 Å². The molecule has 0 radical (unpaired) electrons. The van der Waals surface area contributed by atoms with Crippen molar-refractivity contribution in [3.05, 3.63) is 18.5 Å². The highest BCUT2D eigenvalue weighted by molar-refractivity contribution is 9.10. The summed E-state index contributed by atoms with van der Waals surface area (Å²) in [5, 5.41) is 4.42. The molecule has 1 heterocycles. The molecule has 0 spiro atoms. The Labute approximate surface area is 111 Å². The monoisotopic (exact) mass is 294 g/mol. The van der Waals surface area contributed by atoms with Gasteiger partial charge in [0.1, 0.15) is 0 Å². The van der Waals surface area contributed by atoms with Crippen LogP contribution in [0, 0.1) is 17.3 Å². The van der Waals surface area contributed by atoms with Crippen molar-refractivity contribution in [3.63, 3.8) is 0 Å². The maximum absolute atomic E-state index is 4.42. The van der Waals surface area contributed by atoms with Gasteiger partial charge >= 0.3 is 0 Å². The Bertz CT molecular complexity index is 411. The Kier molecular flexibility index (Phi) is 2.10. The minimum Gasteiger partial charge on any atom is -0.272 e. The molecule has 4 fully saturated rings. The first kappa shape index (κ1) is 10.6. The van der Waals surface area contributed by atoms with Crippen LogP contribution in [0.2, 0.25) is 0 Å². The summed E-state index contributed by atoms with van der Waals surface area (Å²) in [7, 11) is 0. The molecule has 2 nitrogen and oxygen atoms in total. The predicted molar refractivity (Wildman–Crippen MR) is 71.0 cm³/mol. The van der Waals surface area contributed by atoms with Gasteiger partial charge in [-0.2, -0.15) is 5.10 Å². The standard InChI is InChI=1S/C14H19BrN2/c15-14-7-11-4-12(8-14)6-13(5-11,9-14)10-17-3-1-2-16-17/h1-3,11-12H,4-10H2/t11-,12+,13?,14?.